The molecule has 1 fully saturated rings. The van der Waals surface area contributed by atoms with Crippen LogP contribution in [0.4, 0.5) is 5.69 Å². The van der Waals surface area contributed by atoms with E-state index in [2.05, 4.69) is 4.90 Å². The van der Waals surface area contributed by atoms with Crippen LogP contribution in [-0.4, -0.2) is 55.0 Å². The second kappa shape index (κ2) is 6.50. The van der Waals surface area contributed by atoms with E-state index in [0.29, 0.717) is 26.2 Å². The molecular formula is C13H19N3O4S. The molecule has 0 aliphatic carbocycles. The summed E-state index contributed by atoms with van der Waals surface area (Å²) in [7, 11) is -3.15. The average Bonchev–Trinajstić information content (AvgIpc) is 2.64. The maximum atomic E-state index is 11.6. The topological polar surface area (TPSA) is 83.8 Å². The van der Waals surface area contributed by atoms with Gasteiger partial charge in [-0.15, -0.1) is 0 Å². The predicted molar refractivity (Wildman–Crippen MR) is 79.4 cm³/mol. The van der Waals surface area contributed by atoms with E-state index in [9.17, 15) is 18.5 Å². The lowest BCUT2D eigenvalue weighted by Gasteiger charge is -2.20. The summed E-state index contributed by atoms with van der Waals surface area (Å²) in [5.74, 6) is 0. The van der Waals surface area contributed by atoms with Crippen LogP contribution < -0.4 is 0 Å². The fourth-order valence-corrected chi connectivity index (χ4v) is 3.34. The van der Waals surface area contributed by atoms with Gasteiger partial charge in [0.1, 0.15) is 0 Å². The van der Waals surface area contributed by atoms with Gasteiger partial charge in [-0.1, -0.05) is 12.1 Å². The zero-order valence-electron chi connectivity index (χ0n) is 11.9. The number of nitro benzene ring substituents is 1. The number of nitrogens with zero attached hydrogens (tertiary/aromatic N) is 3. The summed E-state index contributed by atoms with van der Waals surface area (Å²) < 4.78 is 24.6. The molecule has 0 radical (unpaired) electrons. The highest BCUT2D eigenvalue weighted by Gasteiger charge is 2.21. The summed E-state index contributed by atoms with van der Waals surface area (Å²) in [4.78, 5) is 12.5. The zero-order chi connectivity index (χ0) is 15.5. The second-order valence-electron chi connectivity index (χ2n) is 5.22. The first kappa shape index (κ1) is 15.9. The molecule has 1 aliphatic rings. The van der Waals surface area contributed by atoms with Crippen molar-refractivity contribution in [2.24, 2.45) is 0 Å². The summed E-state index contributed by atoms with van der Waals surface area (Å²) in [5, 5.41) is 10.8. The van der Waals surface area contributed by atoms with E-state index in [1.165, 1.54) is 16.6 Å². The largest absolute Gasteiger partial charge is 0.298 e. The van der Waals surface area contributed by atoms with Crippen molar-refractivity contribution in [3.63, 3.8) is 0 Å². The zero-order valence-corrected chi connectivity index (χ0v) is 12.8. The lowest BCUT2D eigenvalue weighted by Crippen LogP contribution is -2.34. The van der Waals surface area contributed by atoms with E-state index in [0.717, 1.165) is 18.5 Å². The third-order valence-corrected chi connectivity index (χ3v) is 4.85. The Morgan fingerprint density at radius 2 is 2.00 bits per heavy atom. The lowest BCUT2D eigenvalue weighted by atomic mass is 10.2. The Labute approximate surface area is 124 Å². The van der Waals surface area contributed by atoms with Crippen LogP contribution >= 0.6 is 0 Å². The number of nitro groups is 1. The highest BCUT2D eigenvalue weighted by atomic mass is 32.2. The van der Waals surface area contributed by atoms with Crippen molar-refractivity contribution < 1.29 is 13.3 Å². The van der Waals surface area contributed by atoms with E-state index < -0.39 is 14.9 Å². The third kappa shape index (κ3) is 4.48. The van der Waals surface area contributed by atoms with Crippen molar-refractivity contribution in [2.75, 3.05) is 32.4 Å². The average molecular weight is 313 g/mol. The van der Waals surface area contributed by atoms with E-state index >= 15 is 0 Å². The number of hydrogen-bond acceptors (Lipinski definition) is 5. The molecular weight excluding hydrogens is 294 g/mol. The monoisotopic (exact) mass is 313 g/mol. The van der Waals surface area contributed by atoms with Crippen molar-refractivity contribution in [1.29, 1.82) is 0 Å². The van der Waals surface area contributed by atoms with Gasteiger partial charge < -0.3 is 0 Å². The SMILES string of the molecule is CS(=O)(=O)N1CCCN(Cc2cccc([N+](=O)[O-])c2)CC1. The van der Waals surface area contributed by atoms with Crippen LogP contribution in [0, 0.1) is 10.1 Å². The van der Waals surface area contributed by atoms with Gasteiger partial charge in [0.05, 0.1) is 11.2 Å². The molecule has 0 spiro atoms. The maximum absolute atomic E-state index is 11.6. The van der Waals surface area contributed by atoms with Crippen LogP contribution in [0.2, 0.25) is 0 Å². The van der Waals surface area contributed by atoms with E-state index in [1.807, 2.05) is 6.07 Å². The van der Waals surface area contributed by atoms with Gasteiger partial charge in [0.25, 0.3) is 5.69 Å². The standard InChI is InChI=1S/C13H19N3O4S/c1-21(19,20)15-7-3-6-14(8-9-15)11-12-4-2-5-13(10-12)16(17)18/h2,4-5,10H,3,6-9,11H2,1H3. The number of non-ortho nitro benzene ring substituents is 1. The van der Waals surface area contributed by atoms with E-state index in [-0.39, 0.29) is 5.69 Å². The molecule has 21 heavy (non-hydrogen) atoms. The van der Waals surface area contributed by atoms with Gasteiger partial charge in [-0.3, -0.25) is 15.0 Å². The van der Waals surface area contributed by atoms with Crippen molar-refractivity contribution in [3.05, 3.63) is 39.9 Å². The van der Waals surface area contributed by atoms with Gasteiger partial charge in [-0.05, 0) is 18.5 Å². The molecule has 0 amide bonds. The summed E-state index contributed by atoms with van der Waals surface area (Å²) >= 11 is 0. The summed E-state index contributed by atoms with van der Waals surface area (Å²) in [5.41, 5.74) is 0.956. The Hall–Kier alpha value is -1.51. The Balaban J connectivity index is 2.01. The minimum Gasteiger partial charge on any atom is -0.298 e. The van der Waals surface area contributed by atoms with Gasteiger partial charge in [-0.2, -0.15) is 0 Å². The molecule has 0 bridgehead atoms. The van der Waals surface area contributed by atoms with Crippen LogP contribution in [0.3, 0.4) is 0 Å². The molecule has 1 heterocycles. The quantitative estimate of drug-likeness (QED) is 0.613. The van der Waals surface area contributed by atoms with Crippen molar-refractivity contribution in [1.82, 2.24) is 9.21 Å². The Kier molecular flexibility index (Phi) is 4.92. The molecule has 0 saturated carbocycles. The molecule has 2 rings (SSSR count). The number of hydrogen-bond donors (Lipinski definition) is 0. The highest BCUT2D eigenvalue weighted by molar-refractivity contribution is 7.88. The normalized spacial score (nSPS) is 18.3. The highest BCUT2D eigenvalue weighted by Crippen LogP contribution is 2.16. The molecule has 0 unspecified atom stereocenters. The van der Waals surface area contributed by atoms with Crippen LogP contribution in [0.25, 0.3) is 0 Å². The summed E-state index contributed by atoms with van der Waals surface area (Å²) in [6, 6.07) is 6.57. The van der Waals surface area contributed by atoms with E-state index in [4.69, 9.17) is 0 Å². The Morgan fingerprint density at radius 3 is 2.67 bits per heavy atom. The van der Waals surface area contributed by atoms with Crippen molar-refractivity contribution >= 4 is 15.7 Å². The van der Waals surface area contributed by atoms with Gasteiger partial charge in [-0.25, -0.2) is 12.7 Å². The fraction of sp³-hybridized carbons (Fsp3) is 0.538. The molecule has 0 N–H and O–H groups in total. The number of sulfonamides is 1. The molecule has 116 valence electrons. The molecule has 8 heteroatoms. The first-order valence-electron chi connectivity index (χ1n) is 6.77. The smallest absolute Gasteiger partial charge is 0.269 e. The van der Waals surface area contributed by atoms with Gasteiger partial charge in [0, 0.05) is 38.3 Å². The van der Waals surface area contributed by atoms with Gasteiger partial charge in [0.15, 0.2) is 0 Å². The molecule has 1 aromatic carbocycles. The third-order valence-electron chi connectivity index (χ3n) is 3.54. The molecule has 1 aromatic rings. The molecule has 1 saturated heterocycles. The minimum absolute atomic E-state index is 0.0834. The van der Waals surface area contributed by atoms with Crippen LogP contribution in [-0.2, 0) is 16.6 Å². The Morgan fingerprint density at radius 1 is 1.24 bits per heavy atom. The number of rotatable bonds is 4. The summed E-state index contributed by atoms with van der Waals surface area (Å²) in [6.07, 6.45) is 1.99. The maximum Gasteiger partial charge on any atom is 0.269 e. The second-order valence-corrected chi connectivity index (χ2v) is 7.20. The molecule has 7 nitrogen and oxygen atoms in total. The first-order chi connectivity index (χ1) is 9.86. The molecule has 0 atom stereocenters. The van der Waals surface area contributed by atoms with Crippen LogP contribution in [0.15, 0.2) is 24.3 Å². The van der Waals surface area contributed by atoms with E-state index in [1.54, 1.807) is 12.1 Å². The summed E-state index contributed by atoms with van der Waals surface area (Å²) in [6.45, 7) is 3.02. The minimum atomic E-state index is -3.15. The Bertz CT molecular complexity index is 618. The van der Waals surface area contributed by atoms with Crippen molar-refractivity contribution in [3.8, 4) is 0 Å². The van der Waals surface area contributed by atoms with Gasteiger partial charge in [0.2, 0.25) is 10.0 Å². The fourth-order valence-electron chi connectivity index (χ4n) is 2.46. The molecule has 0 aromatic heterocycles. The molecule has 1 aliphatic heterocycles. The van der Waals surface area contributed by atoms with Crippen molar-refractivity contribution in [2.45, 2.75) is 13.0 Å². The van der Waals surface area contributed by atoms with Crippen LogP contribution in [0.1, 0.15) is 12.0 Å². The lowest BCUT2D eigenvalue weighted by molar-refractivity contribution is -0.384. The van der Waals surface area contributed by atoms with Gasteiger partial charge >= 0.3 is 0 Å². The first-order valence-corrected chi connectivity index (χ1v) is 8.62. The van der Waals surface area contributed by atoms with Crippen LogP contribution in [0.5, 0.6) is 0 Å². The number of benzene rings is 1. The predicted octanol–water partition coefficient (Wildman–Crippen LogP) is 1.06.